The molecule has 0 fully saturated rings. The van der Waals surface area contributed by atoms with Crippen molar-refractivity contribution in [1.29, 1.82) is 0 Å². The van der Waals surface area contributed by atoms with Gasteiger partial charge in [0.15, 0.2) is 11.4 Å². The SMILES string of the molecule is Cc1oc(C(NC(=O)c2nn(Cc3ccc(F)cc3)c3ccccc23)C(C)(C)C)nc1C(=O)NCC(O)CO. The average molecular weight is 538 g/mol. The number of aliphatic hydroxyl groups excluding tert-OH is 2. The lowest BCUT2D eigenvalue weighted by atomic mass is 9.86. The number of fused-ring (bicyclic) bond motifs is 1. The van der Waals surface area contributed by atoms with Crippen LogP contribution in [0.5, 0.6) is 0 Å². The average Bonchev–Trinajstić information content (AvgIpc) is 3.46. The molecule has 0 aliphatic rings. The van der Waals surface area contributed by atoms with Gasteiger partial charge < -0.3 is 25.3 Å². The Labute approximate surface area is 224 Å². The highest BCUT2D eigenvalue weighted by Gasteiger charge is 2.35. The number of carbonyl (C=O) groups is 2. The lowest BCUT2D eigenvalue weighted by Gasteiger charge is -2.28. The van der Waals surface area contributed by atoms with Crippen LogP contribution >= 0.6 is 0 Å². The zero-order valence-corrected chi connectivity index (χ0v) is 22.2. The van der Waals surface area contributed by atoms with E-state index < -0.39 is 36.0 Å². The zero-order valence-electron chi connectivity index (χ0n) is 22.2. The number of hydrogen-bond acceptors (Lipinski definition) is 7. The van der Waals surface area contributed by atoms with Crippen LogP contribution in [0.15, 0.2) is 52.9 Å². The molecule has 0 saturated carbocycles. The fourth-order valence-electron chi connectivity index (χ4n) is 4.14. The lowest BCUT2D eigenvalue weighted by Crippen LogP contribution is -2.37. The van der Waals surface area contributed by atoms with E-state index in [4.69, 9.17) is 9.52 Å². The standard InChI is InChI=1S/C28H32FN5O5/c1-16-22(25(37)30-13-19(36)15-35)31-27(39-16)24(28(2,3)4)32-26(38)23-20-7-5-6-8-21(20)34(33-23)14-17-9-11-18(29)12-10-17/h5-12,19,24,35-36H,13-15H2,1-4H3,(H,30,37)(H,32,38). The van der Waals surface area contributed by atoms with E-state index >= 15 is 0 Å². The molecule has 0 spiro atoms. The minimum absolute atomic E-state index is 0.0210. The first-order chi connectivity index (χ1) is 18.5. The molecule has 0 aliphatic heterocycles. The van der Waals surface area contributed by atoms with Gasteiger partial charge in [0.05, 0.1) is 24.8 Å². The Hall–Kier alpha value is -4.09. The van der Waals surface area contributed by atoms with Gasteiger partial charge in [0, 0.05) is 11.9 Å². The normalized spacial score (nSPS) is 13.3. The number of para-hydroxylation sites is 1. The van der Waals surface area contributed by atoms with Crippen molar-refractivity contribution in [2.75, 3.05) is 13.2 Å². The van der Waals surface area contributed by atoms with Crippen LogP contribution in [0, 0.1) is 18.2 Å². The number of nitrogens with zero attached hydrogens (tertiary/aromatic N) is 3. The van der Waals surface area contributed by atoms with Gasteiger partial charge in [0.2, 0.25) is 5.89 Å². The van der Waals surface area contributed by atoms with Gasteiger partial charge in [0.1, 0.15) is 17.6 Å². The number of aromatic nitrogens is 3. The van der Waals surface area contributed by atoms with Crippen molar-refractivity contribution in [3.63, 3.8) is 0 Å². The van der Waals surface area contributed by atoms with Gasteiger partial charge in [-0.3, -0.25) is 14.3 Å². The molecule has 0 bridgehead atoms. The molecule has 0 aliphatic carbocycles. The molecule has 2 amide bonds. The number of carbonyl (C=O) groups excluding carboxylic acids is 2. The monoisotopic (exact) mass is 537 g/mol. The second-order valence-electron chi connectivity index (χ2n) is 10.4. The fraction of sp³-hybridized carbons (Fsp3) is 0.357. The van der Waals surface area contributed by atoms with Crippen molar-refractivity contribution in [3.8, 4) is 0 Å². The Morgan fingerprint density at radius 3 is 2.44 bits per heavy atom. The van der Waals surface area contributed by atoms with Crippen LogP contribution in [-0.2, 0) is 6.54 Å². The van der Waals surface area contributed by atoms with Gasteiger partial charge >= 0.3 is 0 Å². The van der Waals surface area contributed by atoms with Crippen molar-refractivity contribution in [1.82, 2.24) is 25.4 Å². The predicted molar refractivity (Wildman–Crippen MR) is 142 cm³/mol. The molecule has 2 heterocycles. The topological polar surface area (TPSA) is 143 Å². The van der Waals surface area contributed by atoms with E-state index in [0.717, 1.165) is 11.1 Å². The summed E-state index contributed by atoms with van der Waals surface area (Å²) in [4.78, 5) is 30.5. The van der Waals surface area contributed by atoms with Crippen LogP contribution in [-0.4, -0.2) is 56.0 Å². The molecule has 2 atom stereocenters. The van der Waals surface area contributed by atoms with E-state index in [1.165, 1.54) is 12.1 Å². The van der Waals surface area contributed by atoms with E-state index in [9.17, 15) is 19.1 Å². The molecule has 206 valence electrons. The summed E-state index contributed by atoms with van der Waals surface area (Å²) in [6.45, 7) is 7.00. The lowest BCUT2D eigenvalue weighted by molar-refractivity contribution is 0.0798. The Morgan fingerprint density at radius 2 is 1.77 bits per heavy atom. The quantitative estimate of drug-likeness (QED) is 0.257. The summed E-state index contributed by atoms with van der Waals surface area (Å²) in [5.74, 6) is -0.950. The van der Waals surface area contributed by atoms with Crippen LogP contribution in [0.2, 0.25) is 0 Å². The maximum Gasteiger partial charge on any atom is 0.273 e. The number of aliphatic hydroxyl groups is 2. The van der Waals surface area contributed by atoms with Crippen LogP contribution in [0.4, 0.5) is 4.39 Å². The van der Waals surface area contributed by atoms with E-state index in [2.05, 4.69) is 20.7 Å². The second-order valence-corrected chi connectivity index (χ2v) is 10.4. The van der Waals surface area contributed by atoms with Crippen molar-refractivity contribution in [2.24, 2.45) is 5.41 Å². The van der Waals surface area contributed by atoms with Crippen LogP contribution in [0.25, 0.3) is 10.9 Å². The predicted octanol–water partition coefficient (Wildman–Crippen LogP) is 3.12. The summed E-state index contributed by atoms with van der Waals surface area (Å²) < 4.78 is 20.9. The van der Waals surface area contributed by atoms with Gasteiger partial charge in [-0.05, 0) is 36.1 Å². The summed E-state index contributed by atoms with van der Waals surface area (Å²) in [5, 5.41) is 29.2. The number of hydrogen-bond donors (Lipinski definition) is 4. The number of nitrogens with one attached hydrogen (secondary N) is 2. The first kappa shape index (κ1) is 27.9. The number of benzene rings is 2. The van der Waals surface area contributed by atoms with E-state index in [0.29, 0.717) is 11.9 Å². The van der Waals surface area contributed by atoms with Crippen LogP contribution < -0.4 is 10.6 Å². The zero-order chi connectivity index (χ0) is 28.3. The molecule has 0 saturated heterocycles. The highest BCUT2D eigenvalue weighted by Crippen LogP contribution is 2.34. The van der Waals surface area contributed by atoms with E-state index in [-0.39, 0.29) is 35.4 Å². The number of rotatable bonds is 9. The number of halogens is 1. The third kappa shape index (κ3) is 6.32. The first-order valence-corrected chi connectivity index (χ1v) is 12.5. The maximum atomic E-state index is 13.6. The molecule has 2 aromatic heterocycles. The van der Waals surface area contributed by atoms with Crippen molar-refractivity contribution < 1.29 is 28.6 Å². The van der Waals surface area contributed by atoms with E-state index in [1.807, 2.05) is 45.0 Å². The second kappa shape index (κ2) is 11.3. The molecule has 4 rings (SSSR count). The van der Waals surface area contributed by atoms with Gasteiger partial charge in [-0.25, -0.2) is 9.37 Å². The Balaban J connectivity index is 1.62. The smallest absolute Gasteiger partial charge is 0.273 e. The Kier molecular flexibility index (Phi) is 8.12. The highest BCUT2D eigenvalue weighted by molar-refractivity contribution is 6.05. The van der Waals surface area contributed by atoms with Gasteiger partial charge in [-0.2, -0.15) is 5.10 Å². The maximum absolute atomic E-state index is 13.6. The molecule has 10 nitrogen and oxygen atoms in total. The minimum atomic E-state index is -1.10. The number of amides is 2. The summed E-state index contributed by atoms with van der Waals surface area (Å²) in [5.41, 5.74) is 1.25. The molecule has 11 heteroatoms. The molecule has 2 aromatic carbocycles. The van der Waals surface area contributed by atoms with Crippen LogP contribution in [0.3, 0.4) is 0 Å². The van der Waals surface area contributed by atoms with Crippen molar-refractivity contribution >= 4 is 22.7 Å². The van der Waals surface area contributed by atoms with E-state index in [1.54, 1.807) is 23.7 Å². The summed E-state index contributed by atoms with van der Waals surface area (Å²) in [6, 6.07) is 12.7. The van der Waals surface area contributed by atoms with Crippen LogP contribution in [0.1, 0.15) is 65.0 Å². The molecule has 0 radical (unpaired) electrons. The van der Waals surface area contributed by atoms with Gasteiger partial charge in [-0.15, -0.1) is 0 Å². The fourth-order valence-corrected chi connectivity index (χ4v) is 4.14. The molecule has 4 N–H and O–H groups in total. The number of oxazole rings is 1. The summed E-state index contributed by atoms with van der Waals surface area (Å²) >= 11 is 0. The van der Waals surface area contributed by atoms with Gasteiger partial charge in [0.25, 0.3) is 11.8 Å². The van der Waals surface area contributed by atoms with Crippen molar-refractivity contribution in [3.05, 3.63) is 83.0 Å². The largest absolute Gasteiger partial charge is 0.443 e. The Bertz CT molecular complexity index is 1470. The third-order valence-corrected chi connectivity index (χ3v) is 6.24. The molecule has 4 aromatic rings. The number of aryl methyl sites for hydroxylation is 1. The summed E-state index contributed by atoms with van der Waals surface area (Å²) in [7, 11) is 0. The van der Waals surface area contributed by atoms with Gasteiger partial charge in [-0.1, -0.05) is 51.1 Å². The highest BCUT2D eigenvalue weighted by atomic mass is 19.1. The minimum Gasteiger partial charge on any atom is -0.443 e. The van der Waals surface area contributed by atoms with Crippen molar-refractivity contribution in [2.45, 2.75) is 46.4 Å². The molecule has 2 unspecified atom stereocenters. The molecular weight excluding hydrogens is 505 g/mol. The summed E-state index contributed by atoms with van der Waals surface area (Å²) in [6.07, 6.45) is -1.10. The first-order valence-electron chi connectivity index (χ1n) is 12.5. The Morgan fingerprint density at radius 1 is 1.08 bits per heavy atom. The third-order valence-electron chi connectivity index (χ3n) is 6.24. The molecule has 39 heavy (non-hydrogen) atoms. The molecular formula is C28H32FN5O5.